The number of methoxy groups -OCH3 is 1. The van der Waals surface area contributed by atoms with Crippen LogP contribution in [0.2, 0.25) is 0 Å². The van der Waals surface area contributed by atoms with E-state index in [4.69, 9.17) is 9.73 Å². The molecule has 7 rings (SSSR count). The number of benzene rings is 1. The zero-order chi connectivity index (χ0) is 26.7. The number of anilines is 1. The summed E-state index contributed by atoms with van der Waals surface area (Å²) in [7, 11) is 1.38. The zero-order valence-electron chi connectivity index (χ0n) is 22.7. The Bertz CT molecular complexity index is 1360. The number of aliphatic hydroxyl groups excluding tert-OH is 1. The number of fused-ring (bicyclic) bond motifs is 5. The number of para-hydroxylation sites is 2. The van der Waals surface area contributed by atoms with Gasteiger partial charge >= 0.3 is 5.69 Å². The van der Waals surface area contributed by atoms with E-state index < -0.39 is 17.5 Å². The van der Waals surface area contributed by atoms with E-state index in [2.05, 4.69) is 14.8 Å². The van der Waals surface area contributed by atoms with Crippen LogP contribution in [0, 0.1) is 11.8 Å². The average molecular weight is 534 g/mol. The molecule has 2 aromatic rings. The number of hydrogen-bond acceptors (Lipinski definition) is 7. The highest BCUT2D eigenvalue weighted by molar-refractivity contribution is 5.97. The van der Waals surface area contributed by atoms with E-state index in [9.17, 15) is 14.7 Å². The van der Waals surface area contributed by atoms with Gasteiger partial charge in [0.25, 0.3) is 5.56 Å². The van der Waals surface area contributed by atoms with Gasteiger partial charge in [-0.05, 0) is 68.9 Å². The predicted molar refractivity (Wildman–Crippen MR) is 150 cm³/mol. The van der Waals surface area contributed by atoms with Crippen LogP contribution in [0.3, 0.4) is 0 Å². The van der Waals surface area contributed by atoms with Gasteiger partial charge in [-0.2, -0.15) is 0 Å². The van der Waals surface area contributed by atoms with Crippen LogP contribution in [0.1, 0.15) is 70.6 Å². The van der Waals surface area contributed by atoms with Crippen molar-refractivity contribution in [1.82, 2.24) is 14.5 Å². The van der Waals surface area contributed by atoms with E-state index in [1.165, 1.54) is 75.7 Å². The van der Waals surface area contributed by atoms with Crippen molar-refractivity contribution in [1.29, 1.82) is 0 Å². The lowest BCUT2D eigenvalue weighted by molar-refractivity contribution is -0.0431. The van der Waals surface area contributed by atoms with E-state index in [0.717, 1.165) is 30.4 Å². The van der Waals surface area contributed by atoms with Crippen molar-refractivity contribution in [3.8, 4) is 5.75 Å². The Morgan fingerprint density at radius 1 is 0.897 bits per heavy atom. The highest BCUT2D eigenvalue weighted by Gasteiger charge is 2.47. The lowest BCUT2D eigenvalue weighted by Gasteiger charge is -2.57. The maximum absolute atomic E-state index is 12.8. The minimum Gasteiger partial charge on any atom is -0.490 e. The maximum atomic E-state index is 12.8. The second kappa shape index (κ2) is 9.93. The molecule has 9 heteroatoms. The Labute approximate surface area is 228 Å². The van der Waals surface area contributed by atoms with Crippen LogP contribution >= 0.6 is 0 Å². The van der Waals surface area contributed by atoms with E-state index in [-0.39, 0.29) is 17.6 Å². The Hall–Kier alpha value is -2.91. The van der Waals surface area contributed by atoms with Crippen LogP contribution in [0.5, 0.6) is 5.75 Å². The Balaban J connectivity index is 1.21. The summed E-state index contributed by atoms with van der Waals surface area (Å²) in [6.07, 6.45) is 14.3. The summed E-state index contributed by atoms with van der Waals surface area (Å²) in [5.41, 5.74) is 0.353. The highest BCUT2D eigenvalue weighted by atomic mass is 16.5. The fourth-order valence-electron chi connectivity index (χ4n) is 8.71. The van der Waals surface area contributed by atoms with Crippen molar-refractivity contribution in [2.45, 2.75) is 101 Å². The number of nitrogens with one attached hydrogen (secondary N) is 1. The molecule has 0 amide bonds. The minimum atomic E-state index is -1.13. The molecule has 0 spiro atoms. The van der Waals surface area contributed by atoms with Gasteiger partial charge < -0.3 is 14.7 Å². The first-order valence-corrected chi connectivity index (χ1v) is 14.8. The zero-order valence-corrected chi connectivity index (χ0v) is 22.7. The second-order valence-electron chi connectivity index (χ2n) is 12.4. The molecule has 39 heavy (non-hydrogen) atoms. The quantitative estimate of drug-likeness (QED) is 0.625. The molecule has 5 atom stereocenters. The van der Waals surface area contributed by atoms with Gasteiger partial charge in [0, 0.05) is 24.2 Å². The van der Waals surface area contributed by atoms with Gasteiger partial charge in [0.1, 0.15) is 0 Å². The number of ether oxygens (including phenoxy) is 1. The van der Waals surface area contributed by atoms with Gasteiger partial charge in [-0.3, -0.25) is 14.7 Å². The van der Waals surface area contributed by atoms with Gasteiger partial charge in [-0.1, -0.05) is 37.8 Å². The number of hydrogen-bond donors (Lipinski definition) is 2. The van der Waals surface area contributed by atoms with E-state index in [1.54, 1.807) is 0 Å². The summed E-state index contributed by atoms with van der Waals surface area (Å²) >= 11 is 0. The number of nitrogens with zero attached hydrogens (tertiary/aromatic N) is 4. The third kappa shape index (κ3) is 4.34. The number of H-pyrrole nitrogens is 1. The molecule has 4 heterocycles. The van der Waals surface area contributed by atoms with Gasteiger partial charge in [0.05, 0.1) is 24.7 Å². The molecule has 208 valence electrons. The van der Waals surface area contributed by atoms with E-state index in [1.807, 2.05) is 24.3 Å². The first kappa shape index (κ1) is 25.1. The van der Waals surface area contributed by atoms with Crippen LogP contribution in [-0.4, -0.2) is 62.9 Å². The number of rotatable bonds is 3. The Kier molecular flexibility index (Phi) is 6.39. The molecule has 9 nitrogen and oxygen atoms in total. The van der Waals surface area contributed by atoms with Crippen molar-refractivity contribution in [2.75, 3.05) is 12.0 Å². The highest BCUT2D eigenvalue weighted by Crippen LogP contribution is 2.47. The normalized spacial score (nSPS) is 34.3. The monoisotopic (exact) mass is 533 g/mol. The lowest BCUT2D eigenvalue weighted by Crippen LogP contribution is -2.63. The summed E-state index contributed by atoms with van der Waals surface area (Å²) in [6, 6.07) is 9.69. The third-order valence-corrected chi connectivity index (χ3v) is 10.2. The largest absolute Gasteiger partial charge is 0.490 e. The van der Waals surface area contributed by atoms with Gasteiger partial charge in [-0.15, -0.1) is 0 Å². The molecule has 2 N–H and O–H groups in total. The lowest BCUT2D eigenvalue weighted by atomic mass is 9.68. The van der Waals surface area contributed by atoms with Crippen molar-refractivity contribution in [3.05, 3.63) is 51.3 Å². The second-order valence-corrected chi connectivity index (χ2v) is 12.4. The summed E-state index contributed by atoms with van der Waals surface area (Å²) in [4.78, 5) is 37.0. The van der Waals surface area contributed by atoms with Crippen LogP contribution in [-0.2, 0) is 0 Å². The maximum Gasteiger partial charge on any atom is 0.334 e. The molecule has 2 saturated heterocycles. The molecule has 0 radical (unpaired) electrons. The summed E-state index contributed by atoms with van der Waals surface area (Å²) in [5, 5.41) is 11.8. The van der Waals surface area contributed by atoms with Gasteiger partial charge in [0.2, 0.25) is 5.75 Å². The average Bonchev–Trinajstić information content (AvgIpc) is 2.92. The molecule has 5 aliphatic rings. The van der Waals surface area contributed by atoms with E-state index >= 15 is 0 Å². The van der Waals surface area contributed by atoms with Crippen molar-refractivity contribution >= 4 is 17.2 Å². The SMILES string of the molecule is COc1cn(C2=Nc3ccccc3N(C3CC4CCCC(C3)N4C3CC4CCCC(C4)C3)C2O)c(=O)[nH]c1=O. The van der Waals surface area contributed by atoms with Crippen LogP contribution in [0.15, 0.2) is 45.0 Å². The molecule has 4 bridgehead atoms. The molecule has 2 saturated carbocycles. The van der Waals surface area contributed by atoms with Crippen molar-refractivity contribution in [3.63, 3.8) is 0 Å². The molecule has 2 aliphatic carbocycles. The molecule has 3 aliphatic heterocycles. The fourth-order valence-corrected chi connectivity index (χ4v) is 8.71. The summed E-state index contributed by atoms with van der Waals surface area (Å²) in [6.45, 7) is 0. The molecule has 1 aromatic heterocycles. The van der Waals surface area contributed by atoms with E-state index in [0.29, 0.717) is 23.8 Å². The molecule has 5 unspecified atom stereocenters. The van der Waals surface area contributed by atoms with Crippen molar-refractivity contribution in [2.24, 2.45) is 16.8 Å². The number of aliphatic hydroxyl groups is 1. The Morgan fingerprint density at radius 3 is 2.31 bits per heavy atom. The molecular weight excluding hydrogens is 494 g/mol. The van der Waals surface area contributed by atoms with Crippen LogP contribution in [0.25, 0.3) is 0 Å². The molecular formula is C30H39N5O4. The number of aromatic amines is 1. The van der Waals surface area contributed by atoms with Gasteiger partial charge in [0.15, 0.2) is 12.1 Å². The number of aliphatic imine (C=N–C) groups is 1. The summed E-state index contributed by atoms with van der Waals surface area (Å²) < 4.78 is 6.38. The minimum absolute atomic E-state index is 0.00463. The third-order valence-electron chi connectivity index (χ3n) is 10.2. The molecule has 4 fully saturated rings. The predicted octanol–water partition coefficient (Wildman–Crippen LogP) is 3.62. The van der Waals surface area contributed by atoms with Crippen molar-refractivity contribution < 1.29 is 9.84 Å². The van der Waals surface area contributed by atoms with Gasteiger partial charge in [-0.25, -0.2) is 14.4 Å². The number of aromatic nitrogens is 2. The Morgan fingerprint density at radius 2 is 1.59 bits per heavy atom. The number of piperidine rings is 2. The van der Waals surface area contributed by atoms with Crippen LogP contribution < -0.4 is 20.9 Å². The first-order valence-electron chi connectivity index (χ1n) is 14.8. The standard InChI is InChI=1S/C30H39N5O4/c1-39-26-17-33(30(38)32-28(26)36)27-29(37)35(25-11-3-2-10-24(25)31-27)23-15-20-8-5-9-21(16-23)34(20)22-13-18-6-4-7-19(12-18)14-22/h2-3,10-11,17-23,29,37H,4-9,12-16H2,1H3,(H,32,36,38). The van der Waals surface area contributed by atoms with Crippen LogP contribution in [0.4, 0.5) is 11.4 Å². The first-order chi connectivity index (χ1) is 19.0. The topological polar surface area (TPSA) is 103 Å². The molecule has 1 aromatic carbocycles. The smallest absolute Gasteiger partial charge is 0.334 e. The fraction of sp³-hybridized carbons (Fsp3) is 0.633. The summed E-state index contributed by atoms with van der Waals surface area (Å²) in [5.74, 6) is 1.99.